The van der Waals surface area contributed by atoms with Gasteiger partial charge in [0.15, 0.2) is 0 Å². The number of anilines is 2. The molecule has 1 heterocycles. The fraction of sp³-hybridized carbons (Fsp3) is 0.0476. The SMILES string of the molecule is Cc1cccc2c1sc1c(Nc3cccc4c3-c3ccccc3C43c4ccccc4-c4ccccc43)cc3ccccc3c12. The fourth-order valence-corrected chi connectivity index (χ4v) is 9.53. The van der Waals surface area contributed by atoms with Gasteiger partial charge in [0.05, 0.1) is 15.8 Å². The molecule has 0 fully saturated rings. The average molecular weight is 578 g/mol. The molecule has 1 spiro atoms. The van der Waals surface area contributed by atoms with E-state index < -0.39 is 0 Å². The van der Waals surface area contributed by atoms with Gasteiger partial charge in [-0.25, -0.2) is 0 Å². The second kappa shape index (κ2) is 8.69. The van der Waals surface area contributed by atoms with Crippen molar-refractivity contribution in [3.8, 4) is 22.3 Å². The van der Waals surface area contributed by atoms with Crippen molar-refractivity contribution in [2.24, 2.45) is 0 Å². The van der Waals surface area contributed by atoms with E-state index in [0.717, 1.165) is 5.69 Å². The van der Waals surface area contributed by atoms with Gasteiger partial charge in [0.2, 0.25) is 0 Å². The minimum atomic E-state index is -0.343. The minimum Gasteiger partial charge on any atom is -0.354 e. The maximum Gasteiger partial charge on any atom is 0.0726 e. The van der Waals surface area contributed by atoms with Gasteiger partial charge in [0.1, 0.15) is 0 Å². The topological polar surface area (TPSA) is 12.0 Å². The van der Waals surface area contributed by atoms with Crippen LogP contribution in [0.15, 0.2) is 140 Å². The van der Waals surface area contributed by atoms with Crippen molar-refractivity contribution in [2.45, 2.75) is 12.3 Å². The lowest BCUT2D eigenvalue weighted by atomic mass is 9.70. The zero-order chi connectivity index (χ0) is 29.0. The molecule has 1 nitrogen and oxygen atoms in total. The number of nitrogens with one attached hydrogen (secondary N) is 1. The van der Waals surface area contributed by atoms with E-state index in [1.165, 1.54) is 86.7 Å². The van der Waals surface area contributed by atoms with Crippen molar-refractivity contribution >= 4 is 53.7 Å². The lowest BCUT2D eigenvalue weighted by Gasteiger charge is -2.30. The highest BCUT2D eigenvalue weighted by Gasteiger charge is 2.51. The largest absolute Gasteiger partial charge is 0.354 e. The first-order valence-electron chi connectivity index (χ1n) is 15.3. The van der Waals surface area contributed by atoms with E-state index in [0.29, 0.717) is 0 Å². The minimum absolute atomic E-state index is 0.343. The summed E-state index contributed by atoms with van der Waals surface area (Å²) in [5.74, 6) is 0. The Labute approximate surface area is 260 Å². The first kappa shape index (κ1) is 24.3. The van der Waals surface area contributed by atoms with Crippen molar-refractivity contribution in [1.29, 1.82) is 0 Å². The van der Waals surface area contributed by atoms with E-state index in [-0.39, 0.29) is 5.41 Å². The lowest BCUT2D eigenvalue weighted by molar-refractivity contribution is 0.794. The molecule has 8 aromatic rings. The Kier molecular flexibility index (Phi) is 4.79. The molecule has 10 rings (SSSR count). The van der Waals surface area contributed by atoms with Gasteiger partial charge < -0.3 is 5.32 Å². The number of thiophene rings is 1. The fourth-order valence-electron chi connectivity index (χ4n) is 8.27. The Morgan fingerprint density at radius 1 is 0.500 bits per heavy atom. The molecule has 0 saturated heterocycles. The molecule has 2 aliphatic carbocycles. The predicted octanol–water partition coefficient (Wildman–Crippen LogP) is 11.6. The van der Waals surface area contributed by atoms with Crippen LogP contribution < -0.4 is 5.32 Å². The van der Waals surface area contributed by atoms with Crippen LogP contribution in [0.4, 0.5) is 11.4 Å². The van der Waals surface area contributed by atoms with Gasteiger partial charge >= 0.3 is 0 Å². The second-order valence-corrected chi connectivity index (χ2v) is 13.2. The van der Waals surface area contributed by atoms with E-state index in [2.05, 4.69) is 152 Å². The summed E-state index contributed by atoms with van der Waals surface area (Å²) in [7, 11) is 0. The molecule has 7 aromatic carbocycles. The molecule has 0 saturated carbocycles. The maximum atomic E-state index is 4.03. The Hall–Kier alpha value is -5.18. The molecule has 0 radical (unpaired) electrons. The van der Waals surface area contributed by atoms with Gasteiger partial charge in [0, 0.05) is 26.7 Å². The van der Waals surface area contributed by atoms with Crippen LogP contribution in [0.25, 0.3) is 53.2 Å². The van der Waals surface area contributed by atoms with Crippen LogP contribution in [0.5, 0.6) is 0 Å². The number of hydrogen-bond acceptors (Lipinski definition) is 2. The summed E-state index contributed by atoms with van der Waals surface area (Å²) in [6, 6.07) is 51.8. The highest BCUT2D eigenvalue weighted by molar-refractivity contribution is 7.26. The summed E-state index contributed by atoms with van der Waals surface area (Å²) < 4.78 is 2.67. The van der Waals surface area contributed by atoms with Crippen LogP contribution in [0.2, 0.25) is 0 Å². The molecule has 0 atom stereocenters. The molecule has 0 unspecified atom stereocenters. The zero-order valence-electron chi connectivity index (χ0n) is 24.2. The summed E-state index contributed by atoms with van der Waals surface area (Å²) in [4.78, 5) is 0. The lowest BCUT2D eigenvalue weighted by Crippen LogP contribution is -2.25. The molecular weight excluding hydrogens is 551 g/mol. The van der Waals surface area contributed by atoms with Crippen LogP contribution in [0.3, 0.4) is 0 Å². The van der Waals surface area contributed by atoms with E-state index in [4.69, 9.17) is 0 Å². The average Bonchev–Trinajstić information content (AvgIpc) is 3.71. The highest BCUT2D eigenvalue weighted by Crippen LogP contribution is 2.64. The number of hydrogen-bond donors (Lipinski definition) is 1. The van der Waals surface area contributed by atoms with Gasteiger partial charge in [-0.1, -0.05) is 127 Å². The predicted molar refractivity (Wildman–Crippen MR) is 188 cm³/mol. The van der Waals surface area contributed by atoms with Gasteiger partial charge in [-0.15, -0.1) is 11.3 Å². The van der Waals surface area contributed by atoms with E-state index in [9.17, 15) is 0 Å². The molecule has 1 N–H and O–H groups in total. The Morgan fingerprint density at radius 3 is 1.86 bits per heavy atom. The molecule has 0 amide bonds. The summed E-state index contributed by atoms with van der Waals surface area (Å²) in [6.07, 6.45) is 0. The molecule has 2 heteroatoms. The molecule has 0 bridgehead atoms. The van der Waals surface area contributed by atoms with Crippen molar-refractivity contribution < 1.29 is 0 Å². The number of rotatable bonds is 2. The van der Waals surface area contributed by atoms with Crippen molar-refractivity contribution in [3.63, 3.8) is 0 Å². The van der Waals surface area contributed by atoms with Crippen LogP contribution in [-0.4, -0.2) is 0 Å². The maximum absolute atomic E-state index is 4.03. The van der Waals surface area contributed by atoms with Crippen molar-refractivity contribution in [2.75, 3.05) is 5.32 Å². The normalized spacial score (nSPS) is 13.8. The third-order valence-electron chi connectivity index (χ3n) is 9.98. The van der Waals surface area contributed by atoms with Gasteiger partial charge in [-0.05, 0) is 74.3 Å². The van der Waals surface area contributed by atoms with Crippen LogP contribution in [-0.2, 0) is 5.41 Å². The standard InChI is InChI=1S/C42H27NS/c1-25-12-10-18-31-38-27-14-3-2-13-26(27)24-37(41(38)44-40(25)31)43-36-23-11-22-35-39(36)30-17-6-9-21-34(30)42(35)32-19-7-4-15-28(32)29-16-5-8-20-33(29)42/h2-24,43H,1H3. The summed E-state index contributed by atoms with van der Waals surface area (Å²) in [6.45, 7) is 2.23. The molecule has 0 aliphatic heterocycles. The molecule has 2 aliphatic rings. The second-order valence-electron chi connectivity index (χ2n) is 12.1. The monoisotopic (exact) mass is 577 g/mol. The summed E-state index contributed by atoms with van der Waals surface area (Å²) >= 11 is 1.91. The van der Waals surface area contributed by atoms with Crippen molar-refractivity contribution in [3.05, 3.63) is 167 Å². The Bertz CT molecular complexity index is 2450. The molecule has 1 aromatic heterocycles. The molecule has 206 valence electrons. The number of benzene rings is 7. The Balaban J connectivity index is 1.27. The van der Waals surface area contributed by atoms with Crippen LogP contribution >= 0.6 is 11.3 Å². The summed E-state index contributed by atoms with van der Waals surface area (Å²) in [5.41, 5.74) is 14.0. The molecular formula is C42H27NS. The first-order valence-corrected chi connectivity index (χ1v) is 16.1. The number of aryl methyl sites for hydroxylation is 1. The van der Waals surface area contributed by atoms with Gasteiger partial charge in [0.25, 0.3) is 0 Å². The highest BCUT2D eigenvalue weighted by atomic mass is 32.1. The third-order valence-corrected chi connectivity index (χ3v) is 11.4. The van der Waals surface area contributed by atoms with Gasteiger partial charge in [-0.3, -0.25) is 0 Å². The Morgan fingerprint density at radius 2 is 1.09 bits per heavy atom. The van der Waals surface area contributed by atoms with Gasteiger partial charge in [-0.2, -0.15) is 0 Å². The first-order chi connectivity index (χ1) is 21.7. The number of fused-ring (bicyclic) bond motifs is 15. The third kappa shape index (κ3) is 2.94. The van der Waals surface area contributed by atoms with E-state index >= 15 is 0 Å². The summed E-state index contributed by atoms with van der Waals surface area (Å²) in [5, 5.41) is 9.28. The van der Waals surface area contributed by atoms with Crippen molar-refractivity contribution in [1.82, 2.24) is 0 Å². The van der Waals surface area contributed by atoms with E-state index in [1.807, 2.05) is 11.3 Å². The zero-order valence-corrected chi connectivity index (χ0v) is 25.0. The van der Waals surface area contributed by atoms with E-state index in [1.54, 1.807) is 0 Å². The quantitative estimate of drug-likeness (QED) is 0.215. The molecule has 44 heavy (non-hydrogen) atoms. The smallest absolute Gasteiger partial charge is 0.0726 e. The van der Waals surface area contributed by atoms with Crippen LogP contribution in [0.1, 0.15) is 27.8 Å². The van der Waals surface area contributed by atoms with Crippen LogP contribution in [0, 0.1) is 6.92 Å².